The molecule has 11 heteroatoms. The van der Waals surface area contributed by atoms with Crippen LogP contribution < -0.4 is 4.72 Å². The van der Waals surface area contributed by atoms with Gasteiger partial charge in [-0.05, 0) is 13.8 Å². The fourth-order valence-electron chi connectivity index (χ4n) is 1.45. The monoisotopic (exact) mass is 371 g/mol. The molecule has 0 radical (unpaired) electrons. The van der Waals surface area contributed by atoms with Crippen LogP contribution in [0.2, 0.25) is 5.15 Å². The molecule has 2 heterocycles. The van der Waals surface area contributed by atoms with Crippen LogP contribution in [0.4, 0.5) is 0 Å². The maximum absolute atomic E-state index is 12.4. The van der Waals surface area contributed by atoms with Crippen LogP contribution in [0.5, 0.6) is 0 Å². The number of rotatable bonds is 5. The van der Waals surface area contributed by atoms with Crippen molar-refractivity contribution in [2.45, 2.75) is 23.6 Å². The molecule has 2 aromatic rings. The summed E-state index contributed by atoms with van der Waals surface area (Å²) in [5, 5.41) is 1.34. The Morgan fingerprint density at radius 3 is 2.57 bits per heavy atom. The second kappa shape index (κ2) is 5.20. The zero-order valence-electron chi connectivity index (χ0n) is 11.5. The molecule has 1 N–H and O–H groups in total. The summed E-state index contributed by atoms with van der Waals surface area (Å²) in [6, 6.07) is 0. The molecular formula is C10H14ClN3O4S3. The Labute approximate surface area is 131 Å². The first-order chi connectivity index (χ1) is 9.46. The molecule has 0 spiro atoms. The highest BCUT2D eigenvalue weighted by atomic mass is 35.5. The zero-order chi connectivity index (χ0) is 16.1. The summed E-state index contributed by atoms with van der Waals surface area (Å²) < 4.78 is 50.3. The highest BCUT2D eigenvalue weighted by Crippen LogP contribution is 2.25. The number of nitrogens with zero attached hydrogens (tertiary/aromatic N) is 2. The summed E-state index contributed by atoms with van der Waals surface area (Å²) >= 11 is 7.12. The molecule has 0 atom stereocenters. The number of sulfonamides is 1. The molecule has 2 aromatic heterocycles. The normalized spacial score (nSPS) is 13.9. The average molecular weight is 372 g/mol. The summed E-state index contributed by atoms with van der Waals surface area (Å²) in [6.45, 7) is 2.63. The van der Waals surface area contributed by atoms with E-state index in [4.69, 9.17) is 11.6 Å². The number of halogens is 1. The molecule has 118 valence electrons. The zero-order valence-corrected chi connectivity index (χ0v) is 14.7. The molecule has 0 aliphatic heterocycles. The van der Waals surface area contributed by atoms with Gasteiger partial charge in [0.15, 0.2) is 25.0 Å². The van der Waals surface area contributed by atoms with E-state index in [2.05, 4.69) is 9.71 Å². The highest BCUT2D eigenvalue weighted by molar-refractivity contribution is 7.92. The maximum Gasteiger partial charge on any atom is 0.259 e. The molecule has 0 aliphatic rings. The molecule has 0 unspecified atom stereocenters. The molecule has 0 fully saturated rings. The lowest BCUT2D eigenvalue weighted by molar-refractivity contribution is 0.535. The van der Waals surface area contributed by atoms with E-state index in [1.165, 1.54) is 35.8 Å². The Kier molecular flexibility index (Phi) is 4.13. The molecule has 0 saturated carbocycles. The lowest BCUT2D eigenvalue weighted by Gasteiger charge is -2.22. The van der Waals surface area contributed by atoms with Gasteiger partial charge in [-0.15, -0.1) is 11.3 Å². The van der Waals surface area contributed by atoms with E-state index >= 15 is 0 Å². The third kappa shape index (κ3) is 3.09. The third-order valence-electron chi connectivity index (χ3n) is 3.12. The number of sulfone groups is 1. The predicted molar refractivity (Wildman–Crippen MR) is 82.2 cm³/mol. The maximum atomic E-state index is 12.4. The Morgan fingerprint density at radius 1 is 1.38 bits per heavy atom. The number of aromatic nitrogens is 2. The number of fused-ring (bicyclic) bond motifs is 1. The van der Waals surface area contributed by atoms with Gasteiger partial charge in [-0.3, -0.25) is 4.40 Å². The first kappa shape index (κ1) is 16.7. The lowest BCUT2D eigenvalue weighted by Crippen LogP contribution is -2.43. The molecule has 0 aromatic carbocycles. The Morgan fingerprint density at radius 2 is 2.00 bits per heavy atom. The van der Waals surface area contributed by atoms with E-state index < -0.39 is 24.6 Å². The molecule has 0 aliphatic carbocycles. The largest absolute Gasteiger partial charge is 0.279 e. The summed E-state index contributed by atoms with van der Waals surface area (Å²) in [5.41, 5.74) is 0. The van der Waals surface area contributed by atoms with Crippen LogP contribution in [-0.4, -0.2) is 43.8 Å². The minimum absolute atomic E-state index is 0.147. The van der Waals surface area contributed by atoms with Crippen LogP contribution in [0, 0.1) is 0 Å². The highest BCUT2D eigenvalue weighted by Gasteiger charge is 2.33. The number of hydrogen-bond acceptors (Lipinski definition) is 6. The second-order valence-corrected chi connectivity index (χ2v) is 10.7. The smallest absolute Gasteiger partial charge is 0.259 e. The van der Waals surface area contributed by atoms with Crippen LogP contribution in [0.15, 0.2) is 16.6 Å². The minimum atomic E-state index is -3.98. The van der Waals surface area contributed by atoms with Gasteiger partial charge >= 0.3 is 0 Å². The van der Waals surface area contributed by atoms with Gasteiger partial charge in [0.05, 0.1) is 4.75 Å². The molecular weight excluding hydrogens is 358 g/mol. The standard InChI is InChI=1S/C10H14ClN3O4S3/c1-10(2,20(3,15)16)6-12-21(17,18)8-7(11)13-9-14(8)4-5-19-9/h4-5,12H,6H2,1-3H3. The van der Waals surface area contributed by atoms with E-state index in [9.17, 15) is 16.8 Å². The Hall–Kier alpha value is -0.680. The first-order valence-corrected chi connectivity index (χ1v) is 10.4. The van der Waals surface area contributed by atoms with Crippen LogP contribution in [0.1, 0.15) is 13.8 Å². The fourth-order valence-corrected chi connectivity index (χ4v) is 4.53. The van der Waals surface area contributed by atoms with Crippen LogP contribution in [0.3, 0.4) is 0 Å². The van der Waals surface area contributed by atoms with Crippen LogP contribution in [0.25, 0.3) is 4.96 Å². The topological polar surface area (TPSA) is 97.6 Å². The summed E-state index contributed by atoms with van der Waals surface area (Å²) in [5.74, 6) is 0. The van der Waals surface area contributed by atoms with Gasteiger partial charge in [0, 0.05) is 24.4 Å². The third-order valence-corrected chi connectivity index (χ3v) is 7.83. The summed E-state index contributed by atoms with van der Waals surface area (Å²) in [7, 11) is -7.39. The number of nitrogens with one attached hydrogen (secondary N) is 1. The van der Waals surface area contributed by atoms with Crippen molar-refractivity contribution in [3.8, 4) is 0 Å². The van der Waals surface area contributed by atoms with Gasteiger partial charge in [0.25, 0.3) is 10.0 Å². The van der Waals surface area contributed by atoms with Gasteiger partial charge in [-0.1, -0.05) is 11.6 Å². The van der Waals surface area contributed by atoms with Crippen LogP contribution >= 0.6 is 22.9 Å². The average Bonchev–Trinajstić information content (AvgIpc) is 2.84. The van der Waals surface area contributed by atoms with E-state index in [-0.39, 0.29) is 16.7 Å². The quantitative estimate of drug-likeness (QED) is 0.850. The van der Waals surface area contributed by atoms with Gasteiger partial charge in [0.2, 0.25) is 0 Å². The molecule has 0 saturated heterocycles. The van der Waals surface area contributed by atoms with Gasteiger partial charge in [-0.25, -0.2) is 26.5 Å². The molecule has 0 bridgehead atoms. The van der Waals surface area contributed by atoms with Crippen LogP contribution in [-0.2, 0) is 19.9 Å². The van der Waals surface area contributed by atoms with Crippen molar-refractivity contribution in [2.24, 2.45) is 0 Å². The SMILES string of the molecule is CC(C)(CNS(=O)(=O)c1c(Cl)nc2sccn12)S(C)(=O)=O. The molecule has 21 heavy (non-hydrogen) atoms. The van der Waals surface area contributed by atoms with Crippen molar-refractivity contribution in [1.29, 1.82) is 0 Å². The number of thiazole rings is 1. The van der Waals surface area contributed by atoms with Crippen molar-refractivity contribution >= 4 is 47.8 Å². The molecule has 7 nitrogen and oxygen atoms in total. The van der Waals surface area contributed by atoms with Crippen molar-refractivity contribution in [3.05, 3.63) is 16.7 Å². The first-order valence-electron chi connectivity index (χ1n) is 5.76. The Balaban J connectivity index is 2.36. The number of hydrogen-bond donors (Lipinski definition) is 1. The predicted octanol–water partition coefficient (Wildman–Crippen LogP) is 1.15. The fraction of sp³-hybridized carbons (Fsp3) is 0.500. The van der Waals surface area contributed by atoms with Gasteiger partial charge in [-0.2, -0.15) is 0 Å². The minimum Gasteiger partial charge on any atom is -0.279 e. The lowest BCUT2D eigenvalue weighted by atomic mass is 10.2. The number of imidazole rings is 1. The van der Waals surface area contributed by atoms with Crippen molar-refractivity contribution < 1.29 is 16.8 Å². The van der Waals surface area contributed by atoms with Gasteiger partial charge in [0.1, 0.15) is 0 Å². The van der Waals surface area contributed by atoms with E-state index in [1.807, 2.05) is 0 Å². The van der Waals surface area contributed by atoms with Crippen molar-refractivity contribution in [2.75, 3.05) is 12.8 Å². The summed E-state index contributed by atoms with van der Waals surface area (Å²) in [6.07, 6.45) is 2.60. The molecule has 0 amide bonds. The summed E-state index contributed by atoms with van der Waals surface area (Å²) in [4.78, 5) is 4.39. The van der Waals surface area contributed by atoms with E-state index in [1.54, 1.807) is 5.38 Å². The van der Waals surface area contributed by atoms with Crippen molar-refractivity contribution in [3.63, 3.8) is 0 Å². The van der Waals surface area contributed by atoms with E-state index in [0.29, 0.717) is 4.96 Å². The van der Waals surface area contributed by atoms with Crippen molar-refractivity contribution in [1.82, 2.24) is 14.1 Å². The van der Waals surface area contributed by atoms with Gasteiger partial charge < -0.3 is 0 Å². The Bertz CT molecular complexity index is 880. The molecule has 2 rings (SSSR count). The van der Waals surface area contributed by atoms with E-state index in [0.717, 1.165) is 6.26 Å². The second-order valence-electron chi connectivity index (χ2n) is 5.12.